The first-order chi connectivity index (χ1) is 7.58. The fraction of sp³-hybridized carbons (Fsp3) is 0.417. The molecule has 1 amide bonds. The van der Waals surface area contributed by atoms with E-state index in [-0.39, 0.29) is 18.6 Å². The van der Waals surface area contributed by atoms with Gasteiger partial charge >= 0.3 is 0 Å². The van der Waals surface area contributed by atoms with Crippen molar-refractivity contribution in [2.24, 2.45) is 0 Å². The number of hydrogen-bond donors (Lipinski definition) is 2. The normalized spacial score (nSPS) is 12.2. The van der Waals surface area contributed by atoms with E-state index in [1.54, 1.807) is 18.2 Å². The van der Waals surface area contributed by atoms with Gasteiger partial charge in [-0.05, 0) is 31.0 Å². The fourth-order valence-corrected chi connectivity index (χ4v) is 1.55. The molecule has 0 aliphatic heterocycles. The van der Waals surface area contributed by atoms with Gasteiger partial charge in [0.15, 0.2) is 0 Å². The molecule has 0 saturated carbocycles. The molecule has 1 rings (SSSR count). The Labute approximate surface area is 100 Å². The average molecular weight is 242 g/mol. The monoisotopic (exact) mass is 241 g/mol. The standard InChI is InChI=1S/C12H16ClNO2/c1-3-10(7-15)14-12(16)11-6-9(13)5-4-8(11)2/h4-6,10,15H,3,7H2,1-2H3,(H,14,16)/t10-/m0/s1. The van der Waals surface area contributed by atoms with Crippen molar-refractivity contribution in [1.82, 2.24) is 5.32 Å². The van der Waals surface area contributed by atoms with E-state index in [2.05, 4.69) is 5.32 Å². The van der Waals surface area contributed by atoms with Crippen LogP contribution in [0, 0.1) is 6.92 Å². The van der Waals surface area contributed by atoms with E-state index >= 15 is 0 Å². The summed E-state index contributed by atoms with van der Waals surface area (Å²) in [6.07, 6.45) is 0.696. The second-order valence-electron chi connectivity index (χ2n) is 3.72. The third kappa shape index (κ3) is 3.22. The molecule has 0 saturated heterocycles. The molecule has 1 aromatic carbocycles. The summed E-state index contributed by atoms with van der Waals surface area (Å²) >= 11 is 5.84. The molecule has 88 valence electrons. The highest BCUT2D eigenvalue weighted by Crippen LogP contribution is 2.15. The van der Waals surface area contributed by atoms with E-state index in [0.717, 1.165) is 5.56 Å². The van der Waals surface area contributed by atoms with Crippen molar-refractivity contribution < 1.29 is 9.90 Å². The predicted molar refractivity (Wildman–Crippen MR) is 64.8 cm³/mol. The van der Waals surface area contributed by atoms with Crippen LogP contribution in [0.4, 0.5) is 0 Å². The van der Waals surface area contributed by atoms with Crippen LogP contribution >= 0.6 is 11.6 Å². The van der Waals surface area contributed by atoms with Crippen LogP contribution in [0.2, 0.25) is 5.02 Å². The smallest absolute Gasteiger partial charge is 0.251 e. The molecular weight excluding hydrogens is 226 g/mol. The molecule has 0 unspecified atom stereocenters. The number of rotatable bonds is 4. The maximum absolute atomic E-state index is 11.9. The van der Waals surface area contributed by atoms with E-state index in [0.29, 0.717) is 17.0 Å². The molecule has 0 bridgehead atoms. The minimum atomic E-state index is -0.203. The van der Waals surface area contributed by atoms with Crippen LogP contribution in [0.15, 0.2) is 18.2 Å². The molecule has 3 nitrogen and oxygen atoms in total. The van der Waals surface area contributed by atoms with E-state index in [1.165, 1.54) is 0 Å². The highest BCUT2D eigenvalue weighted by Gasteiger charge is 2.13. The van der Waals surface area contributed by atoms with E-state index in [9.17, 15) is 4.79 Å². The molecule has 0 spiro atoms. The van der Waals surface area contributed by atoms with Gasteiger partial charge in [0.1, 0.15) is 0 Å². The van der Waals surface area contributed by atoms with Gasteiger partial charge in [-0.1, -0.05) is 24.6 Å². The largest absolute Gasteiger partial charge is 0.394 e. The van der Waals surface area contributed by atoms with Gasteiger partial charge in [0.25, 0.3) is 5.91 Å². The molecule has 0 aliphatic carbocycles. The second kappa shape index (κ2) is 5.87. The molecule has 0 aliphatic rings. The molecule has 0 aromatic heterocycles. The number of hydrogen-bond acceptors (Lipinski definition) is 2. The highest BCUT2D eigenvalue weighted by atomic mass is 35.5. The second-order valence-corrected chi connectivity index (χ2v) is 4.16. The molecule has 0 heterocycles. The number of aliphatic hydroxyl groups is 1. The van der Waals surface area contributed by atoms with Crippen LogP contribution in [0.25, 0.3) is 0 Å². The summed E-state index contributed by atoms with van der Waals surface area (Å²) < 4.78 is 0. The molecule has 1 aromatic rings. The van der Waals surface area contributed by atoms with E-state index in [4.69, 9.17) is 16.7 Å². The first kappa shape index (κ1) is 13.0. The van der Waals surface area contributed by atoms with Crippen molar-refractivity contribution in [3.8, 4) is 0 Å². The SMILES string of the molecule is CC[C@@H](CO)NC(=O)c1cc(Cl)ccc1C. The number of carbonyl (C=O) groups is 1. The van der Waals surface area contributed by atoms with Gasteiger partial charge in [-0.15, -0.1) is 0 Å². The summed E-state index contributed by atoms with van der Waals surface area (Å²) in [5.74, 6) is -0.194. The van der Waals surface area contributed by atoms with Gasteiger partial charge < -0.3 is 10.4 Å². The zero-order valence-electron chi connectivity index (χ0n) is 9.46. The van der Waals surface area contributed by atoms with Gasteiger partial charge in [-0.2, -0.15) is 0 Å². The van der Waals surface area contributed by atoms with Crippen LogP contribution in [0.1, 0.15) is 29.3 Å². The first-order valence-corrected chi connectivity index (χ1v) is 5.64. The van der Waals surface area contributed by atoms with Crippen LogP contribution < -0.4 is 5.32 Å². The van der Waals surface area contributed by atoms with Crippen LogP contribution in [0.3, 0.4) is 0 Å². The Hall–Kier alpha value is -1.06. The number of aliphatic hydroxyl groups excluding tert-OH is 1. The summed E-state index contributed by atoms with van der Waals surface area (Å²) in [7, 11) is 0. The number of carbonyl (C=O) groups excluding carboxylic acids is 1. The molecular formula is C12H16ClNO2. The minimum Gasteiger partial charge on any atom is -0.394 e. The maximum atomic E-state index is 11.9. The van der Waals surface area contributed by atoms with Crippen molar-refractivity contribution in [2.45, 2.75) is 26.3 Å². The summed E-state index contributed by atoms with van der Waals surface area (Å²) in [4.78, 5) is 11.9. The average Bonchev–Trinajstić information content (AvgIpc) is 2.28. The van der Waals surface area contributed by atoms with Gasteiger partial charge in [0.05, 0.1) is 12.6 Å². The zero-order chi connectivity index (χ0) is 12.1. The number of halogens is 1. The van der Waals surface area contributed by atoms with Gasteiger partial charge in [-0.25, -0.2) is 0 Å². The molecule has 1 atom stereocenters. The Bertz CT molecular complexity index is 375. The number of benzene rings is 1. The fourth-order valence-electron chi connectivity index (χ4n) is 1.38. The summed E-state index contributed by atoms with van der Waals surface area (Å²) in [6.45, 7) is 3.71. The number of aryl methyl sites for hydroxylation is 1. The maximum Gasteiger partial charge on any atom is 0.251 e. The summed E-state index contributed by atoms with van der Waals surface area (Å²) in [6, 6.07) is 4.98. The third-order valence-corrected chi connectivity index (χ3v) is 2.73. The van der Waals surface area contributed by atoms with Crippen molar-refractivity contribution in [2.75, 3.05) is 6.61 Å². The third-order valence-electron chi connectivity index (χ3n) is 2.49. The minimum absolute atomic E-state index is 0.0537. The van der Waals surface area contributed by atoms with E-state index in [1.807, 2.05) is 13.8 Å². The van der Waals surface area contributed by atoms with Crippen molar-refractivity contribution in [1.29, 1.82) is 0 Å². The Morgan fingerprint density at radius 2 is 2.25 bits per heavy atom. The lowest BCUT2D eigenvalue weighted by Crippen LogP contribution is -2.37. The van der Waals surface area contributed by atoms with Crippen LogP contribution in [-0.2, 0) is 0 Å². The van der Waals surface area contributed by atoms with Gasteiger partial charge in [0, 0.05) is 10.6 Å². The molecule has 2 N–H and O–H groups in total. The van der Waals surface area contributed by atoms with E-state index < -0.39 is 0 Å². The Morgan fingerprint density at radius 1 is 1.56 bits per heavy atom. The molecule has 16 heavy (non-hydrogen) atoms. The molecule has 4 heteroatoms. The Morgan fingerprint density at radius 3 is 2.81 bits per heavy atom. The summed E-state index contributed by atoms with van der Waals surface area (Å²) in [5.41, 5.74) is 1.43. The lowest BCUT2D eigenvalue weighted by atomic mass is 10.1. The van der Waals surface area contributed by atoms with Crippen LogP contribution in [-0.4, -0.2) is 23.7 Å². The summed E-state index contributed by atoms with van der Waals surface area (Å²) in [5, 5.41) is 12.3. The van der Waals surface area contributed by atoms with Crippen molar-refractivity contribution in [3.63, 3.8) is 0 Å². The Kier molecular flexibility index (Phi) is 4.77. The zero-order valence-corrected chi connectivity index (χ0v) is 10.2. The first-order valence-electron chi connectivity index (χ1n) is 5.26. The van der Waals surface area contributed by atoms with Gasteiger partial charge in [-0.3, -0.25) is 4.79 Å². The van der Waals surface area contributed by atoms with Crippen LogP contribution in [0.5, 0.6) is 0 Å². The number of amides is 1. The van der Waals surface area contributed by atoms with Gasteiger partial charge in [0.2, 0.25) is 0 Å². The predicted octanol–water partition coefficient (Wildman–Crippen LogP) is 2.15. The topological polar surface area (TPSA) is 49.3 Å². The molecule has 0 fully saturated rings. The highest BCUT2D eigenvalue weighted by molar-refractivity contribution is 6.31. The van der Waals surface area contributed by atoms with Crippen molar-refractivity contribution in [3.05, 3.63) is 34.3 Å². The van der Waals surface area contributed by atoms with Crippen molar-refractivity contribution >= 4 is 17.5 Å². The Balaban J connectivity index is 2.83. The molecule has 0 radical (unpaired) electrons. The quantitative estimate of drug-likeness (QED) is 0.849. The number of nitrogens with one attached hydrogen (secondary N) is 1. The lowest BCUT2D eigenvalue weighted by Gasteiger charge is -2.15. The lowest BCUT2D eigenvalue weighted by molar-refractivity contribution is 0.0914.